The zero-order chi connectivity index (χ0) is 14.0. The average Bonchev–Trinajstić information content (AvgIpc) is 2.26. The van der Waals surface area contributed by atoms with Gasteiger partial charge in [-0.05, 0) is 24.6 Å². The number of halogens is 4. The Bertz CT molecular complexity index is 426. The number of hydrogen-bond donors (Lipinski definition) is 2. The highest BCUT2D eigenvalue weighted by molar-refractivity contribution is 5.86. The van der Waals surface area contributed by atoms with Crippen molar-refractivity contribution in [3.63, 3.8) is 0 Å². The Morgan fingerprint density at radius 2 is 1.78 bits per heavy atom. The fourth-order valence-corrected chi connectivity index (χ4v) is 1.10. The maximum Gasteiger partial charge on any atom is 0.415 e. The van der Waals surface area contributed by atoms with Gasteiger partial charge >= 0.3 is 6.18 Å². The first-order valence-corrected chi connectivity index (χ1v) is 5.03. The molecule has 1 aromatic rings. The summed E-state index contributed by atoms with van der Waals surface area (Å²) in [5, 5.41) is 2.06. The summed E-state index contributed by atoms with van der Waals surface area (Å²) in [6.07, 6.45) is -4.83. The van der Waals surface area contributed by atoms with Gasteiger partial charge in [0.15, 0.2) is 5.54 Å². The number of benzene rings is 1. The number of carbonyl (C=O) groups excluding carboxylic acids is 1. The molecule has 0 radical (unpaired) electrons. The van der Waals surface area contributed by atoms with Crippen LogP contribution in [0.3, 0.4) is 0 Å². The van der Waals surface area contributed by atoms with Crippen LogP contribution in [0.25, 0.3) is 0 Å². The molecule has 1 amide bonds. The molecule has 0 fully saturated rings. The first kappa shape index (κ1) is 14.4. The quantitative estimate of drug-likeness (QED) is 0.817. The second-order valence-corrected chi connectivity index (χ2v) is 4.01. The van der Waals surface area contributed by atoms with Gasteiger partial charge in [0.05, 0.1) is 0 Å². The first-order valence-electron chi connectivity index (χ1n) is 5.03. The summed E-state index contributed by atoms with van der Waals surface area (Å²) in [4.78, 5) is 11.3. The van der Waals surface area contributed by atoms with Gasteiger partial charge in [-0.1, -0.05) is 12.1 Å². The predicted octanol–water partition coefficient (Wildman–Crippen LogP) is 1.72. The molecule has 100 valence electrons. The number of nitrogens with two attached hydrogens (primary N) is 1. The zero-order valence-electron chi connectivity index (χ0n) is 9.51. The summed E-state index contributed by atoms with van der Waals surface area (Å²) in [6, 6.07) is 5.01. The third kappa shape index (κ3) is 3.19. The lowest BCUT2D eigenvalue weighted by Crippen LogP contribution is -2.61. The van der Waals surface area contributed by atoms with E-state index in [-0.39, 0.29) is 6.54 Å². The normalized spacial score (nSPS) is 15.0. The molecule has 3 N–H and O–H groups in total. The maximum atomic E-state index is 12.6. The van der Waals surface area contributed by atoms with Gasteiger partial charge in [0.25, 0.3) is 0 Å². The molecule has 0 heterocycles. The lowest BCUT2D eigenvalue weighted by molar-refractivity contribution is -0.187. The van der Waals surface area contributed by atoms with Gasteiger partial charge < -0.3 is 11.1 Å². The van der Waals surface area contributed by atoms with Crippen LogP contribution < -0.4 is 11.1 Å². The first-order chi connectivity index (χ1) is 8.14. The fraction of sp³-hybridized carbons (Fsp3) is 0.364. The van der Waals surface area contributed by atoms with Gasteiger partial charge in [0.1, 0.15) is 5.82 Å². The van der Waals surface area contributed by atoms with Gasteiger partial charge in [-0.2, -0.15) is 13.2 Å². The van der Waals surface area contributed by atoms with Crippen LogP contribution in [0.1, 0.15) is 12.5 Å². The fourth-order valence-electron chi connectivity index (χ4n) is 1.10. The minimum absolute atomic E-state index is 0.151. The van der Waals surface area contributed by atoms with E-state index in [9.17, 15) is 22.4 Å². The van der Waals surface area contributed by atoms with E-state index in [1.807, 2.05) is 0 Å². The highest BCUT2D eigenvalue weighted by atomic mass is 19.4. The Morgan fingerprint density at radius 3 is 2.22 bits per heavy atom. The van der Waals surface area contributed by atoms with Crippen LogP contribution in [0.2, 0.25) is 0 Å². The summed E-state index contributed by atoms with van der Waals surface area (Å²) in [7, 11) is 0. The second-order valence-electron chi connectivity index (χ2n) is 4.01. The standard InChI is InChI=1S/C11H12F4N2O/c1-10(16,11(13,14)15)9(18)17-6-7-2-4-8(12)5-3-7/h2-5H,6,16H2,1H3,(H,17,18). The van der Waals surface area contributed by atoms with E-state index < -0.39 is 23.4 Å². The summed E-state index contributed by atoms with van der Waals surface area (Å²) in [5.41, 5.74) is 2.45. The number of hydrogen-bond acceptors (Lipinski definition) is 2. The van der Waals surface area contributed by atoms with E-state index >= 15 is 0 Å². The largest absolute Gasteiger partial charge is 0.415 e. The molecule has 0 saturated carbocycles. The van der Waals surface area contributed by atoms with Crippen molar-refractivity contribution in [3.8, 4) is 0 Å². The third-order valence-corrected chi connectivity index (χ3v) is 2.43. The molecule has 18 heavy (non-hydrogen) atoms. The molecule has 7 heteroatoms. The molecule has 1 atom stereocenters. The molecule has 0 saturated heterocycles. The Morgan fingerprint density at radius 1 is 1.28 bits per heavy atom. The Balaban J connectivity index is 2.64. The minimum Gasteiger partial charge on any atom is -0.350 e. The average molecular weight is 264 g/mol. The number of nitrogens with one attached hydrogen (secondary N) is 1. The van der Waals surface area contributed by atoms with Crippen molar-refractivity contribution in [2.24, 2.45) is 5.73 Å². The zero-order valence-corrected chi connectivity index (χ0v) is 9.51. The Kier molecular flexibility index (Phi) is 3.95. The molecule has 0 spiro atoms. The second kappa shape index (κ2) is 4.93. The van der Waals surface area contributed by atoms with Crippen LogP contribution in [0.5, 0.6) is 0 Å². The Hall–Kier alpha value is -1.63. The van der Waals surface area contributed by atoms with Crippen molar-refractivity contribution in [2.45, 2.75) is 25.2 Å². The predicted molar refractivity (Wildman–Crippen MR) is 56.9 cm³/mol. The lowest BCUT2D eigenvalue weighted by Gasteiger charge is -2.26. The van der Waals surface area contributed by atoms with E-state index in [0.29, 0.717) is 12.5 Å². The summed E-state index contributed by atoms with van der Waals surface area (Å²) in [5.74, 6) is -1.80. The monoisotopic (exact) mass is 264 g/mol. The highest BCUT2D eigenvalue weighted by Crippen LogP contribution is 2.27. The van der Waals surface area contributed by atoms with Crippen LogP contribution >= 0.6 is 0 Å². The highest BCUT2D eigenvalue weighted by Gasteiger charge is 2.53. The third-order valence-electron chi connectivity index (χ3n) is 2.43. The molecule has 3 nitrogen and oxygen atoms in total. The molecule has 1 unspecified atom stereocenters. The SMILES string of the molecule is CC(N)(C(=O)NCc1ccc(F)cc1)C(F)(F)F. The molecular formula is C11H12F4N2O. The molecule has 0 aliphatic carbocycles. The molecule has 0 aliphatic rings. The lowest BCUT2D eigenvalue weighted by atomic mass is 10.0. The number of alkyl halides is 3. The van der Waals surface area contributed by atoms with E-state index in [1.165, 1.54) is 12.1 Å². The van der Waals surface area contributed by atoms with Gasteiger partial charge in [0.2, 0.25) is 5.91 Å². The Labute approximate surface area is 101 Å². The summed E-state index contributed by atoms with van der Waals surface area (Å²) in [6.45, 7) is 0.439. The van der Waals surface area contributed by atoms with E-state index in [1.54, 1.807) is 0 Å². The molecule has 0 bridgehead atoms. The minimum atomic E-state index is -4.83. The number of amides is 1. The van der Waals surface area contributed by atoms with E-state index in [4.69, 9.17) is 5.73 Å². The van der Waals surface area contributed by atoms with Crippen molar-refractivity contribution in [2.75, 3.05) is 0 Å². The van der Waals surface area contributed by atoms with Crippen LogP contribution in [0.4, 0.5) is 17.6 Å². The molecule has 0 aromatic heterocycles. The smallest absolute Gasteiger partial charge is 0.350 e. The van der Waals surface area contributed by atoms with E-state index in [2.05, 4.69) is 5.32 Å². The van der Waals surface area contributed by atoms with Gasteiger partial charge in [-0.25, -0.2) is 4.39 Å². The van der Waals surface area contributed by atoms with Crippen LogP contribution in [-0.2, 0) is 11.3 Å². The van der Waals surface area contributed by atoms with Crippen LogP contribution in [0.15, 0.2) is 24.3 Å². The topological polar surface area (TPSA) is 55.1 Å². The van der Waals surface area contributed by atoms with Crippen LogP contribution in [-0.4, -0.2) is 17.6 Å². The summed E-state index contributed by atoms with van der Waals surface area (Å²) < 4.78 is 49.9. The number of carbonyl (C=O) groups is 1. The summed E-state index contributed by atoms with van der Waals surface area (Å²) >= 11 is 0. The van der Waals surface area contributed by atoms with Gasteiger partial charge in [-0.15, -0.1) is 0 Å². The van der Waals surface area contributed by atoms with Crippen molar-refractivity contribution < 1.29 is 22.4 Å². The molecule has 1 rings (SSSR count). The molecule has 1 aromatic carbocycles. The van der Waals surface area contributed by atoms with E-state index in [0.717, 1.165) is 12.1 Å². The maximum absolute atomic E-state index is 12.6. The van der Waals surface area contributed by atoms with Crippen molar-refractivity contribution in [1.29, 1.82) is 0 Å². The van der Waals surface area contributed by atoms with Crippen LogP contribution in [0, 0.1) is 5.82 Å². The van der Waals surface area contributed by atoms with Gasteiger partial charge in [0, 0.05) is 6.54 Å². The van der Waals surface area contributed by atoms with Crippen molar-refractivity contribution >= 4 is 5.91 Å². The van der Waals surface area contributed by atoms with Crippen molar-refractivity contribution in [3.05, 3.63) is 35.6 Å². The molecule has 0 aliphatic heterocycles. The molecular weight excluding hydrogens is 252 g/mol. The number of rotatable bonds is 3. The van der Waals surface area contributed by atoms with Crippen molar-refractivity contribution in [1.82, 2.24) is 5.32 Å². The van der Waals surface area contributed by atoms with Gasteiger partial charge in [-0.3, -0.25) is 4.79 Å².